The second-order valence-electron chi connectivity index (χ2n) is 11.4. The van der Waals surface area contributed by atoms with Gasteiger partial charge in [0.1, 0.15) is 0 Å². The second-order valence-corrected chi connectivity index (χ2v) is 11.4. The summed E-state index contributed by atoms with van der Waals surface area (Å²) in [7, 11) is 0. The summed E-state index contributed by atoms with van der Waals surface area (Å²) in [6.45, 7) is 9.66. The number of aryl methyl sites for hydroxylation is 1. The van der Waals surface area contributed by atoms with Gasteiger partial charge in [-0.05, 0) is 85.9 Å². The van der Waals surface area contributed by atoms with E-state index in [1.165, 1.54) is 11.1 Å². The number of rotatable bonds is 5. The Bertz CT molecular complexity index is 1310. The first-order valence-corrected chi connectivity index (χ1v) is 13.1. The van der Waals surface area contributed by atoms with Crippen molar-refractivity contribution in [1.82, 2.24) is 20.5 Å². The Hall–Kier alpha value is -3.67. The molecule has 1 fully saturated rings. The van der Waals surface area contributed by atoms with Gasteiger partial charge in [0.15, 0.2) is 0 Å². The first-order chi connectivity index (χ1) is 17.7. The van der Waals surface area contributed by atoms with Crippen molar-refractivity contribution in [3.63, 3.8) is 0 Å². The lowest BCUT2D eigenvalue weighted by atomic mass is 9.87. The summed E-state index contributed by atoms with van der Waals surface area (Å²) in [4.78, 5) is 32.3. The van der Waals surface area contributed by atoms with Crippen molar-refractivity contribution in [2.24, 2.45) is 5.92 Å². The molecule has 2 heterocycles. The summed E-state index contributed by atoms with van der Waals surface area (Å²) in [5.74, 6) is 0.445. The van der Waals surface area contributed by atoms with Gasteiger partial charge in [-0.1, -0.05) is 42.5 Å². The van der Waals surface area contributed by atoms with Crippen LogP contribution in [-0.2, 0) is 24.3 Å². The van der Waals surface area contributed by atoms with Gasteiger partial charge < -0.3 is 15.5 Å². The molecule has 1 saturated carbocycles. The van der Waals surface area contributed by atoms with Gasteiger partial charge in [-0.2, -0.15) is 0 Å². The fraction of sp³-hybridized carbons (Fsp3) is 0.387. The van der Waals surface area contributed by atoms with E-state index in [1.54, 1.807) is 0 Å². The molecule has 3 aromatic rings. The maximum Gasteiger partial charge on any atom is 0.318 e. The van der Waals surface area contributed by atoms with E-state index < -0.39 is 0 Å². The third-order valence-electron chi connectivity index (χ3n) is 7.27. The first kappa shape index (κ1) is 25.0. The number of benzene rings is 2. The van der Waals surface area contributed by atoms with Crippen LogP contribution in [0.1, 0.15) is 60.9 Å². The quantitative estimate of drug-likeness (QED) is 0.501. The average molecular weight is 497 g/mol. The Kier molecular flexibility index (Phi) is 6.76. The van der Waals surface area contributed by atoms with Crippen LogP contribution in [0.15, 0.2) is 60.9 Å². The zero-order valence-corrected chi connectivity index (χ0v) is 22.2. The number of urea groups is 1. The smallest absolute Gasteiger partial charge is 0.318 e. The molecule has 5 rings (SSSR count). The molecule has 192 valence electrons. The van der Waals surface area contributed by atoms with Gasteiger partial charge in [-0.25, -0.2) is 4.79 Å². The Morgan fingerprint density at radius 3 is 2.57 bits per heavy atom. The number of nitrogens with one attached hydrogen (secondary N) is 2. The summed E-state index contributed by atoms with van der Waals surface area (Å²) in [6, 6.07) is 16.6. The van der Waals surface area contributed by atoms with E-state index in [0.717, 1.165) is 40.7 Å². The molecule has 1 aliphatic heterocycles. The predicted molar refractivity (Wildman–Crippen MR) is 146 cm³/mol. The van der Waals surface area contributed by atoms with Crippen LogP contribution in [0.2, 0.25) is 0 Å². The van der Waals surface area contributed by atoms with Gasteiger partial charge in [0.25, 0.3) is 0 Å². The molecule has 2 aromatic carbocycles. The zero-order valence-electron chi connectivity index (χ0n) is 22.2. The number of fused-ring (bicyclic) bond motifs is 1. The van der Waals surface area contributed by atoms with Crippen molar-refractivity contribution in [3.8, 4) is 11.1 Å². The molecule has 2 N–H and O–H groups in total. The SMILES string of the molecule is Cc1cncc(-c2ccc(CNC(=O)C3C[C@@H]3c3ccccc3)c3c2CCN(C(=O)NC(C)(C)C)C3)c1. The van der Waals surface area contributed by atoms with Gasteiger partial charge in [0.2, 0.25) is 5.91 Å². The van der Waals surface area contributed by atoms with E-state index in [2.05, 4.69) is 45.9 Å². The van der Waals surface area contributed by atoms with Crippen molar-refractivity contribution < 1.29 is 9.59 Å². The van der Waals surface area contributed by atoms with Gasteiger partial charge in [0.05, 0.1) is 0 Å². The number of nitrogens with zero attached hydrogens (tertiary/aromatic N) is 2. The monoisotopic (exact) mass is 496 g/mol. The minimum Gasteiger partial charge on any atom is -0.352 e. The van der Waals surface area contributed by atoms with Gasteiger partial charge in [0, 0.05) is 49.0 Å². The van der Waals surface area contributed by atoms with Crippen molar-refractivity contribution in [2.75, 3.05) is 6.54 Å². The number of carbonyl (C=O) groups excluding carboxylic acids is 2. The molecule has 0 spiro atoms. The molecule has 0 radical (unpaired) electrons. The Morgan fingerprint density at radius 1 is 1.05 bits per heavy atom. The summed E-state index contributed by atoms with van der Waals surface area (Å²) in [5, 5.41) is 6.29. The van der Waals surface area contributed by atoms with E-state index in [4.69, 9.17) is 0 Å². The molecular formula is C31H36N4O2. The largest absolute Gasteiger partial charge is 0.352 e. The van der Waals surface area contributed by atoms with E-state index in [1.807, 2.05) is 63.2 Å². The highest BCUT2D eigenvalue weighted by atomic mass is 16.2. The Morgan fingerprint density at radius 2 is 1.84 bits per heavy atom. The number of pyridine rings is 1. The van der Waals surface area contributed by atoms with Gasteiger partial charge in [-0.3, -0.25) is 9.78 Å². The summed E-state index contributed by atoms with van der Waals surface area (Å²) in [6.07, 6.45) is 5.42. The van der Waals surface area contributed by atoms with Crippen molar-refractivity contribution in [2.45, 2.75) is 65.1 Å². The average Bonchev–Trinajstić information content (AvgIpc) is 3.67. The van der Waals surface area contributed by atoms with Crippen molar-refractivity contribution in [3.05, 3.63) is 88.7 Å². The highest BCUT2D eigenvalue weighted by Gasteiger charge is 2.43. The molecule has 0 saturated heterocycles. The molecule has 1 aromatic heterocycles. The van der Waals surface area contributed by atoms with Crippen LogP contribution in [0.25, 0.3) is 11.1 Å². The predicted octanol–water partition coefficient (Wildman–Crippen LogP) is 5.34. The lowest BCUT2D eigenvalue weighted by molar-refractivity contribution is -0.122. The summed E-state index contributed by atoms with van der Waals surface area (Å²) >= 11 is 0. The molecule has 2 atom stereocenters. The molecule has 2 aliphatic rings. The molecule has 6 nitrogen and oxygen atoms in total. The van der Waals surface area contributed by atoms with Crippen LogP contribution < -0.4 is 10.6 Å². The number of amides is 3. The molecule has 1 unspecified atom stereocenters. The number of hydrogen-bond donors (Lipinski definition) is 2. The van der Waals surface area contributed by atoms with Gasteiger partial charge in [-0.15, -0.1) is 0 Å². The Labute approximate surface area is 219 Å². The fourth-order valence-corrected chi connectivity index (χ4v) is 5.32. The maximum atomic E-state index is 13.0. The summed E-state index contributed by atoms with van der Waals surface area (Å²) < 4.78 is 0. The van der Waals surface area contributed by atoms with E-state index in [-0.39, 0.29) is 23.4 Å². The van der Waals surface area contributed by atoms with Crippen LogP contribution in [0.5, 0.6) is 0 Å². The van der Waals surface area contributed by atoms with E-state index in [9.17, 15) is 9.59 Å². The normalized spacial score (nSPS) is 18.6. The second kappa shape index (κ2) is 10.0. The molecule has 37 heavy (non-hydrogen) atoms. The lowest BCUT2D eigenvalue weighted by Crippen LogP contribution is -2.50. The first-order valence-electron chi connectivity index (χ1n) is 13.1. The standard InChI is InChI=1S/C31H36N4O2/c1-20-14-23(17-32-16-20)24-11-10-22(18-33-29(36)27-15-26(27)21-8-6-5-7-9-21)28-19-35(13-12-25(24)28)30(37)34-31(2,3)4/h5-11,14,16-17,26-27H,12-13,15,18-19H2,1-4H3,(H,33,36)(H,34,37)/t26-,27?/m1/s1. The third-order valence-corrected chi connectivity index (χ3v) is 7.27. The fourth-order valence-electron chi connectivity index (χ4n) is 5.32. The summed E-state index contributed by atoms with van der Waals surface area (Å²) in [5.41, 5.74) is 7.73. The Balaban J connectivity index is 1.38. The minimum atomic E-state index is -0.303. The highest BCUT2D eigenvalue weighted by molar-refractivity contribution is 5.83. The number of carbonyl (C=O) groups is 2. The van der Waals surface area contributed by atoms with Crippen LogP contribution >= 0.6 is 0 Å². The minimum absolute atomic E-state index is 0.0323. The molecular weight excluding hydrogens is 460 g/mol. The van der Waals surface area contributed by atoms with Crippen LogP contribution in [-0.4, -0.2) is 33.9 Å². The molecule has 1 aliphatic carbocycles. The number of hydrogen-bond acceptors (Lipinski definition) is 3. The lowest BCUT2D eigenvalue weighted by Gasteiger charge is -2.34. The zero-order chi connectivity index (χ0) is 26.2. The highest BCUT2D eigenvalue weighted by Crippen LogP contribution is 2.47. The molecule has 6 heteroatoms. The van der Waals surface area contributed by atoms with Crippen molar-refractivity contribution in [1.29, 1.82) is 0 Å². The van der Waals surface area contributed by atoms with E-state index in [0.29, 0.717) is 25.6 Å². The molecule has 3 amide bonds. The van der Waals surface area contributed by atoms with Gasteiger partial charge >= 0.3 is 6.03 Å². The van der Waals surface area contributed by atoms with Crippen molar-refractivity contribution >= 4 is 11.9 Å². The van der Waals surface area contributed by atoms with E-state index >= 15 is 0 Å². The molecule has 0 bridgehead atoms. The van der Waals surface area contributed by atoms with Crippen LogP contribution in [0.4, 0.5) is 4.79 Å². The van der Waals surface area contributed by atoms with Crippen LogP contribution in [0.3, 0.4) is 0 Å². The van der Waals surface area contributed by atoms with Crippen LogP contribution in [0, 0.1) is 12.8 Å². The number of aromatic nitrogens is 1. The third kappa shape index (κ3) is 5.68. The topological polar surface area (TPSA) is 74.3 Å². The maximum absolute atomic E-state index is 13.0.